The van der Waals surface area contributed by atoms with Crippen LogP contribution in [0, 0.1) is 5.92 Å². The lowest BCUT2D eigenvalue weighted by molar-refractivity contribution is -0.138. The molecule has 0 unspecified atom stereocenters. The molecule has 120 valence electrons. The van der Waals surface area contributed by atoms with Crippen LogP contribution in [0.3, 0.4) is 0 Å². The lowest BCUT2D eigenvalue weighted by Gasteiger charge is -2.31. The number of piperidine rings is 1. The first kappa shape index (κ1) is 16.2. The fourth-order valence-electron chi connectivity index (χ4n) is 3.09. The van der Waals surface area contributed by atoms with Gasteiger partial charge in [-0.1, -0.05) is 0 Å². The van der Waals surface area contributed by atoms with Gasteiger partial charge in [0.05, 0.1) is 13.2 Å². The number of carbonyl (C=O) groups is 2. The molecule has 6 nitrogen and oxygen atoms in total. The van der Waals surface area contributed by atoms with Gasteiger partial charge in [-0.2, -0.15) is 0 Å². The van der Waals surface area contributed by atoms with E-state index in [1.807, 2.05) is 4.90 Å². The first-order valence-corrected chi connectivity index (χ1v) is 7.95. The number of ether oxygens (including phenoxy) is 1. The molecule has 0 aromatic carbocycles. The Balaban J connectivity index is 1.57. The minimum atomic E-state index is -0.690. The Kier molecular flexibility index (Phi) is 6.45. The molecule has 0 aromatic rings. The van der Waals surface area contributed by atoms with Crippen molar-refractivity contribution in [3.05, 3.63) is 0 Å². The Labute approximate surface area is 126 Å². The van der Waals surface area contributed by atoms with Crippen LogP contribution in [-0.4, -0.2) is 72.7 Å². The predicted molar refractivity (Wildman–Crippen MR) is 78.0 cm³/mol. The molecule has 0 aliphatic carbocycles. The maximum absolute atomic E-state index is 12.0. The molecule has 2 aliphatic rings. The third-order valence-corrected chi connectivity index (χ3v) is 4.40. The molecule has 0 bridgehead atoms. The van der Waals surface area contributed by atoms with E-state index in [0.717, 1.165) is 52.0 Å². The van der Waals surface area contributed by atoms with Gasteiger partial charge < -0.3 is 19.6 Å². The number of hydrogen-bond acceptors (Lipinski definition) is 4. The van der Waals surface area contributed by atoms with Gasteiger partial charge in [-0.15, -0.1) is 0 Å². The number of rotatable bonds is 6. The summed E-state index contributed by atoms with van der Waals surface area (Å²) in [5.74, 6) is -0.127. The van der Waals surface area contributed by atoms with Gasteiger partial charge >= 0.3 is 5.97 Å². The zero-order valence-electron chi connectivity index (χ0n) is 12.6. The molecule has 2 heterocycles. The highest BCUT2D eigenvalue weighted by molar-refractivity contribution is 5.76. The second-order valence-corrected chi connectivity index (χ2v) is 5.98. The zero-order chi connectivity index (χ0) is 15.1. The molecule has 2 fully saturated rings. The van der Waals surface area contributed by atoms with Crippen molar-refractivity contribution in [2.45, 2.75) is 32.1 Å². The van der Waals surface area contributed by atoms with Crippen molar-refractivity contribution in [1.82, 2.24) is 9.80 Å². The van der Waals surface area contributed by atoms with Crippen LogP contribution in [0.4, 0.5) is 0 Å². The maximum atomic E-state index is 12.0. The standard InChI is InChI=1S/C15H26N2O4/c18-14(17-8-10-21-11-9-17)2-1-5-16-6-3-13(4-7-16)12-15(19)20/h13H,1-12H2,(H,19,20). The molecule has 1 amide bonds. The second-order valence-electron chi connectivity index (χ2n) is 5.98. The molecule has 0 radical (unpaired) electrons. The number of amides is 1. The summed E-state index contributed by atoms with van der Waals surface area (Å²) in [6.45, 7) is 5.62. The van der Waals surface area contributed by atoms with E-state index in [1.165, 1.54) is 0 Å². The van der Waals surface area contributed by atoms with E-state index in [4.69, 9.17) is 9.84 Å². The summed E-state index contributed by atoms with van der Waals surface area (Å²) in [5.41, 5.74) is 0. The number of morpholine rings is 1. The second kappa shape index (κ2) is 8.34. The van der Waals surface area contributed by atoms with Crippen molar-refractivity contribution in [1.29, 1.82) is 0 Å². The molecule has 0 aromatic heterocycles. The summed E-state index contributed by atoms with van der Waals surface area (Å²) < 4.78 is 5.24. The summed E-state index contributed by atoms with van der Waals surface area (Å²) in [4.78, 5) is 26.9. The molecule has 0 atom stereocenters. The van der Waals surface area contributed by atoms with E-state index in [9.17, 15) is 9.59 Å². The van der Waals surface area contributed by atoms with E-state index in [1.54, 1.807) is 0 Å². The van der Waals surface area contributed by atoms with E-state index in [-0.39, 0.29) is 5.91 Å². The quantitative estimate of drug-likeness (QED) is 0.786. The fourth-order valence-corrected chi connectivity index (χ4v) is 3.09. The van der Waals surface area contributed by atoms with Crippen molar-refractivity contribution in [2.75, 3.05) is 45.9 Å². The average Bonchev–Trinajstić information content (AvgIpc) is 2.49. The van der Waals surface area contributed by atoms with Crippen molar-refractivity contribution in [3.8, 4) is 0 Å². The monoisotopic (exact) mass is 298 g/mol. The highest BCUT2D eigenvalue weighted by atomic mass is 16.5. The molecule has 2 saturated heterocycles. The van der Waals surface area contributed by atoms with E-state index < -0.39 is 5.97 Å². The molecular formula is C15H26N2O4. The fraction of sp³-hybridized carbons (Fsp3) is 0.867. The van der Waals surface area contributed by atoms with Crippen LogP contribution in [0.1, 0.15) is 32.1 Å². The number of aliphatic carboxylic acids is 1. The zero-order valence-corrected chi connectivity index (χ0v) is 12.6. The van der Waals surface area contributed by atoms with Crippen LogP contribution in [0.25, 0.3) is 0 Å². The molecule has 2 rings (SSSR count). The maximum Gasteiger partial charge on any atom is 0.303 e. The minimum Gasteiger partial charge on any atom is -0.481 e. The van der Waals surface area contributed by atoms with E-state index in [2.05, 4.69) is 4.90 Å². The largest absolute Gasteiger partial charge is 0.481 e. The van der Waals surface area contributed by atoms with Crippen LogP contribution >= 0.6 is 0 Å². The van der Waals surface area contributed by atoms with E-state index >= 15 is 0 Å². The van der Waals surface area contributed by atoms with Crippen LogP contribution in [0.2, 0.25) is 0 Å². The summed E-state index contributed by atoms with van der Waals surface area (Å²) >= 11 is 0. The average molecular weight is 298 g/mol. The number of carboxylic acid groups (broad SMARTS) is 1. The summed E-state index contributed by atoms with van der Waals surface area (Å²) in [6, 6.07) is 0. The number of hydrogen-bond donors (Lipinski definition) is 1. The first-order chi connectivity index (χ1) is 10.1. The Morgan fingerprint density at radius 1 is 1.10 bits per heavy atom. The molecular weight excluding hydrogens is 272 g/mol. The van der Waals surface area contributed by atoms with Gasteiger partial charge in [0.1, 0.15) is 0 Å². The Morgan fingerprint density at radius 3 is 2.38 bits per heavy atom. The topological polar surface area (TPSA) is 70.1 Å². The molecule has 0 saturated carbocycles. The molecule has 21 heavy (non-hydrogen) atoms. The summed E-state index contributed by atoms with van der Waals surface area (Å²) in [6.07, 6.45) is 3.71. The van der Waals surface area contributed by atoms with Gasteiger partial charge in [-0.05, 0) is 44.8 Å². The lowest BCUT2D eigenvalue weighted by Crippen LogP contribution is -2.41. The first-order valence-electron chi connectivity index (χ1n) is 7.95. The molecule has 1 N–H and O–H groups in total. The van der Waals surface area contributed by atoms with Gasteiger partial charge in [-0.3, -0.25) is 9.59 Å². The highest BCUT2D eigenvalue weighted by Crippen LogP contribution is 2.20. The summed E-state index contributed by atoms with van der Waals surface area (Å²) in [5, 5.41) is 8.79. The minimum absolute atomic E-state index is 0.235. The highest BCUT2D eigenvalue weighted by Gasteiger charge is 2.21. The van der Waals surface area contributed by atoms with Crippen molar-refractivity contribution < 1.29 is 19.4 Å². The Hall–Kier alpha value is -1.14. The van der Waals surface area contributed by atoms with E-state index in [0.29, 0.717) is 32.0 Å². The number of carbonyl (C=O) groups excluding carboxylic acids is 1. The van der Waals surface area contributed by atoms with Crippen molar-refractivity contribution in [3.63, 3.8) is 0 Å². The third-order valence-electron chi connectivity index (χ3n) is 4.40. The van der Waals surface area contributed by atoms with Gasteiger partial charge in [0.2, 0.25) is 5.91 Å². The third kappa shape index (κ3) is 5.63. The number of carboxylic acids is 1. The molecule has 2 aliphatic heterocycles. The molecule has 6 heteroatoms. The Bertz CT molecular complexity index is 348. The van der Waals surface area contributed by atoms with Crippen molar-refractivity contribution >= 4 is 11.9 Å². The summed E-state index contributed by atoms with van der Waals surface area (Å²) in [7, 11) is 0. The van der Waals surface area contributed by atoms with Gasteiger partial charge in [0, 0.05) is 25.9 Å². The van der Waals surface area contributed by atoms with Crippen LogP contribution in [0.5, 0.6) is 0 Å². The smallest absolute Gasteiger partial charge is 0.303 e. The van der Waals surface area contributed by atoms with Gasteiger partial charge in [0.25, 0.3) is 0 Å². The van der Waals surface area contributed by atoms with Gasteiger partial charge in [-0.25, -0.2) is 0 Å². The van der Waals surface area contributed by atoms with Crippen molar-refractivity contribution in [2.24, 2.45) is 5.92 Å². The molecule has 0 spiro atoms. The number of likely N-dealkylation sites (tertiary alicyclic amines) is 1. The normalized spacial score (nSPS) is 21.4. The van der Waals surface area contributed by atoms with Crippen LogP contribution < -0.4 is 0 Å². The predicted octanol–water partition coefficient (Wildman–Crippen LogP) is 0.812. The lowest BCUT2D eigenvalue weighted by atomic mass is 9.93. The SMILES string of the molecule is O=C(O)CC1CCN(CCCC(=O)N2CCOCC2)CC1. The number of nitrogens with zero attached hydrogens (tertiary/aromatic N) is 2. The van der Waals surface area contributed by atoms with Gasteiger partial charge in [0.15, 0.2) is 0 Å². The Morgan fingerprint density at radius 2 is 1.76 bits per heavy atom. The van der Waals surface area contributed by atoms with Crippen LogP contribution in [-0.2, 0) is 14.3 Å². The van der Waals surface area contributed by atoms with Crippen LogP contribution in [0.15, 0.2) is 0 Å².